The number of hydrogen-bond donors (Lipinski definition) is 1. The summed E-state index contributed by atoms with van der Waals surface area (Å²) in [5.74, 6) is -1.99. The zero-order valence-corrected chi connectivity index (χ0v) is 32.9. The Labute approximate surface area is 336 Å². The van der Waals surface area contributed by atoms with E-state index in [-0.39, 0.29) is 41.3 Å². The number of nitrogens with one attached hydrogen (secondary N) is 1. The summed E-state index contributed by atoms with van der Waals surface area (Å²) in [6, 6.07) is 19.0. The zero-order valence-electron chi connectivity index (χ0n) is 32.1. The highest BCUT2D eigenvalue weighted by Gasteiger charge is 2.47. The molecule has 6 heterocycles. The molecule has 0 aromatic heterocycles. The molecule has 1 unspecified atom stereocenters. The smallest absolute Gasteiger partial charge is 0.262 e. The first kappa shape index (κ1) is 37.1. The molecule has 9 rings (SSSR count). The van der Waals surface area contributed by atoms with Crippen molar-refractivity contribution in [1.29, 1.82) is 0 Å². The third-order valence-electron chi connectivity index (χ3n) is 13.4. The topological polar surface area (TPSA) is 121 Å². The van der Waals surface area contributed by atoms with Crippen molar-refractivity contribution < 1.29 is 24.0 Å². The van der Waals surface area contributed by atoms with Crippen molar-refractivity contribution in [2.45, 2.75) is 63.2 Å². The zero-order chi connectivity index (χ0) is 39.7. The van der Waals surface area contributed by atoms with Gasteiger partial charge < -0.3 is 19.6 Å². The van der Waals surface area contributed by atoms with Crippen molar-refractivity contribution in [1.82, 2.24) is 20.0 Å². The first-order chi connectivity index (χ1) is 27.4. The first-order valence-corrected chi connectivity index (χ1v) is 20.2. The number of piperidine rings is 2. The summed E-state index contributed by atoms with van der Waals surface area (Å²) in [7, 11) is 1.98. The lowest BCUT2D eigenvalue weighted by molar-refractivity contribution is -0.136. The van der Waals surface area contributed by atoms with E-state index in [1.807, 2.05) is 48.3 Å². The molecule has 2 atom stereocenters. The van der Waals surface area contributed by atoms with Gasteiger partial charge in [0.15, 0.2) is 0 Å². The van der Waals surface area contributed by atoms with Crippen LogP contribution in [-0.2, 0) is 9.59 Å². The number of likely N-dealkylation sites (tertiary alicyclic amines) is 2. The molecule has 3 aromatic carbocycles. The number of halogens is 1. The molecule has 1 N–H and O–H groups in total. The third kappa shape index (κ3) is 6.48. The summed E-state index contributed by atoms with van der Waals surface area (Å²) in [6.07, 6.45) is 3.54. The van der Waals surface area contributed by atoms with Gasteiger partial charge in [0, 0.05) is 99.0 Å². The fraction of sp³-hybridized carbons (Fsp3) is 0.442. The summed E-state index contributed by atoms with van der Waals surface area (Å²) in [6.45, 7) is 15.5. The van der Waals surface area contributed by atoms with Crippen LogP contribution in [0.1, 0.15) is 70.1 Å². The van der Waals surface area contributed by atoms with Crippen LogP contribution in [0.3, 0.4) is 0 Å². The molecule has 0 radical (unpaired) electrons. The van der Waals surface area contributed by atoms with Crippen molar-refractivity contribution in [2.24, 2.45) is 5.41 Å². The van der Waals surface area contributed by atoms with E-state index >= 15 is 0 Å². The Hall–Kier alpha value is -5.45. The molecular formula is C43H45ClN8O5. The molecule has 5 fully saturated rings. The number of hydrogen-bond acceptors (Lipinski definition) is 9. The van der Waals surface area contributed by atoms with Gasteiger partial charge in [-0.15, -0.1) is 0 Å². The van der Waals surface area contributed by atoms with E-state index in [4.69, 9.17) is 18.2 Å². The summed E-state index contributed by atoms with van der Waals surface area (Å²) in [5.41, 5.74) is 5.04. The van der Waals surface area contributed by atoms with Gasteiger partial charge in [0.2, 0.25) is 17.5 Å². The molecule has 6 aliphatic rings. The fourth-order valence-electron chi connectivity index (χ4n) is 9.80. The molecule has 0 aliphatic carbocycles. The number of rotatable bonds is 7. The number of anilines is 3. The quantitative estimate of drug-likeness (QED) is 0.266. The lowest BCUT2D eigenvalue weighted by Gasteiger charge is -2.54. The SMILES string of the molecule is [C-]#[N+]c1ccc(N2CC3(CCN(c4ccc(C(=O)N5CC(N6CC(N(C)c7ccc8c(c7)C(=O)N(C7CCC(=O)NC7=O)C8=O)C6)C5)cc4)CC3)C[C@@H]2C)cc1Cl. The molecule has 5 saturated heterocycles. The maximum absolute atomic E-state index is 13.4. The Kier molecular flexibility index (Phi) is 9.24. The van der Waals surface area contributed by atoms with Crippen LogP contribution in [0.15, 0.2) is 60.7 Å². The van der Waals surface area contributed by atoms with Crippen molar-refractivity contribution in [3.63, 3.8) is 0 Å². The summed E-state index contributed by atoms with van der Waals surface area (Å²) < 4.78 is 0. The lowest BCUT2D eigenvalue weighted by atomic mass is 9.76. The van der Waals surface area contributed by atoms with Crippen LogP contribution in [0, 0.1) is 12.0 Å². The Bertz CT molecular complexity index is 2220. The minimum atomic E-state index is -0.989. The molecule has 6 aliphatic heterocycles. The standard InChI is InChI=1S/C43H45ClN8O5/c1-26-20-43(25-51(26)30-9-11-36(45-2)35(44)19-30)14-16-48(17-15-43)28-6-4-27(5-7-28)40(55)50-23-32(24-50)49-21-31(22-49)47(3)29-8-10-33-34(18-29)42(57)52(41(33)56)37-12-13-38(53)46-39(37)54/h4-11,18-19,26,31-32,37H,12-17,20-25H2,1,3H3,(H,46,53,54)/t26-,37?/m0/s1. The summed E-state index contributed by atoms with van der Waals surface area (Å²) in [5, 5.41) is 2.74. The highest BCUT2D eigenvalue weighted by molar-refractivity contribution is 6.33. The molecule has 57 heavy (non-hydrogen) atoms. The number of imide groups is 2. The van der Waals surface area contributed by atoms with Crippen molar-refractivity contribution in [3.05, 3.63) is 93.8 Å². The number of nitrogens with zero attached hydrogens (tertiary/aromatic N) is 7. The average molecular weight is 789 g/mol. The molecule has 294 valence electrons. The molecule has 1 spiro atoms. The van der Waals surface area contributed by atoms with Gasteiger partial charge >= 0.3 is 0 Å². The number of carbonyl (C=O) groups excluding carboxylic acids is 5. The average Bonchev–Trinajstić information content (AvgIpc) is 3.62. The van der Waals surface area contributed by atoms with E-state index in [0.717, 1.165) is 73.9 Å². The van der Waals surface area contributed by atoms with E-state index in [1.165, 1.54) is 0 Å². The Morgan fingerprint density at radius 3 is 2.30 bits per heavy atom. The van der Waals surface area contributed by atoms with Crippen molar-refractivity contribution in [3.8, 4) is 0 Å². The number of carbonyl (C=O) groups is 5. The number of benzene rings is 3. The second kappa shape index (κ2) is 14.2. The number of amides is 5. The lowest BCUT2D eigenvalue weighted by Crippen LogP contribution is -2.70. The van der Waals surface area contributed by atoms with Crippen molar-refractivity contribution in [2.75, 3.05) is 67.6 Å². The third-order valence-corrected chi connectivity index (χ3v) is 13.7. The molecular weight excluding hydrogens is 744 g/mol. The van der Waals surface area contributed by atoms with Gasteiger partial charge in [0.05, 0.1) is 23.7 Å². The van der Waals surface area contributed by atoms with E-state index < -0.39 is 29.7 Å². The molecule has 0 bridgehead atoms. The maximum atomic E-state index is 13.4. The van der Waals surface area contributed by atoms with Gasteiger partial charge in [0.1, 0.15) is 6.04 Å². The summed E-state index contributed by atoms with van der Waals surface area (Å²) in [4.78, 5) is 79.7. The minimum absolute atomic E-state index is 0.0536. The fourth-order valence-corrected chi connectivity index (χ4v) is 10.0. The summed E-state index contributed by atoms with van der Waals surface area (Å²) >= 11 is 6.38. The molecule has 0 saturated carbocycles. The van der Waals surface area contributed by atoms with Gasteiger partial charge in [-0.3, -0.25) is 39.1 Å². The van der Waals surface area contributed by atoms with Gasteiger partial charge in [-0.25, -0.2) is 4.85 Å². The van der Waals surface area contributed by atoms with E-state index in [9.17, 15) is 24.0 Å². The van der Waals surface area contributed by atoms with Crippen LogP contribution in [0.5, 0.6) is 0 Å². The Balaban J connectivity index is 0.737. The van der Waals surface area contributed by atoms with E-state index in [0.29, 0.717) is 41.4 Å². The maximum Gasteiger partial charge on any atom is 0.262 e. The first-order valence-electron chi connectivity index (χ1n) is 19.8. The van der Waals surface area contributed by atoms with E-state index in [2.05, 4.69) is 48.8 Å². The predicted octanol–water partition coefficient (Wildman–Crippen LogP) is 4.82. The second-order valence-corrected chi connectivity index (χ2v) is 17.1. The van der Waals surface area contributed by atoms with Crippen LogP contribution < -0.4 is 20.0 Å². The van der Waals surface area contributed by atoms with Gasteiger partial charge in [-0.05, 0) is 92.6 Å². The van der Waals surface area contributed by atoms with Gasteiger partial charge in [-0.1, -0.05) is 17.7 Å². The highest BCUT2D eigenvalue weighted by atomic mass is 35.5. The largest absolute Gasteiger partial charge is 0.371 e. The van der Waals surface area contributed by atoms with Crippen LogP contribution in [-0.4, -0.2) is 121 Å². The second-order valence-electron chi connectivity index (χ2n) is 16.7. The monoisotopic (exact) mass is 788 g/mol. The Morgan fingerprint density at radius 2 is 1.61 bits per heavy atom. The van der Waals surface area contributed by atoms with Gasteiger partial charge in [-0.2, -0.15) is 0 Å². The number of fused-ring (bicyclic) bond motifs is 1. The van der Waals surface area contributed by atoms with E-state index in [1.54, 1.807) is 12.1 Å². The van der Waals surface area contributed by atoms with Crippen molar-refractivity contribution >= 4 is 63.9 Å². The normalized spacial score (nSPS) is 23.7. The minimum Gasteiger partial charge on any atom is -0.371 e. The van der Waals surface area contributed by atoms with Crippen LogP contribution in [0.4, 0.5) is 22.7 Å². The number of likely N-dealkylation sites (N-methyl/N-ethyl adjacent to an activating group) is 1. The molecule has 13 nitrogen and oxygen atoms in total. The highest BCUT2D eigenvalue weighted by Crippen LogP contribution is 2.46. The molecule has 5 amide bonds. The molecule has 3 aromatic rings. The Morgan fingerprint density at radius 1 is 0.912 bits per heavy atom. The van der Waals surface area contributed by atoms with Crippen LogP contribution in [0.25, 0.3) is 4.85 Å². The molecule has 14 heteroatoms. The van der Waals surface area contributed by atoms with Crippen LogP contribution >= 0.6 is 11.6 Å². The predicted molar refractivity (Wildman–Crippen MR) is 216 cm³/mol. The van der Waals surface area contributed by atoms with Crippen LogP contribution in [0.2, 0.25) is 5.02 Å². The van der Waals surface area contributed by atoms with Gasteiger partial charge in [0.25, 0.3) is 17.7 Å².